The summed E-state index contributed by atoms with van der Waals surface area (Å²) >= 11 is 0. The molecule has 1 aliphatic heterocycles. The van der Waals surface area contributed by atoms with E-state index in [1.165, 1.54) is 0 Å². The second-order valence-electron chi connectivity index (χ2n) is 4.48. The van der Waals surface area contributed by atoms with Crippen LogP contribution in [0.15, 0.2) is 0 Å². The maximum Gasteiger partial charge on any atom is 0.211 e. The fourth-order valence-electron chi connectivity index (χ4n) is 2.05. The monoisotopic (exact) mass is 234 g/mol. The molecular formula is C10H22N2O2S. The Hall–Kier alpha value is -0.130. The van der Waals surface area contributed by atoms with Crippen molar-refractivity contribution >= 4 is 10.0 Å². The molecule has 0 aromatic carbocycles. The maximum atomic E-state index is 11.6. The quantitative estimate of drug-likeness (QED) is 0.758. The normalized spacial score (nSPS) is 32.9. The molecule has 0 aromatic heterocycles. The van der Waals surface area contributed by atoms with E-state index >= 15 is 0 Å². The summed E-state index contributed by atoms with van der Waals surface area (Å²) in [7, 11) is -3.07. The van der Waals surface area contributed by atoms with Gasteiger partial charge in [0.25, 0.3) is 0 Å². The van der Waals surface area contributed by atoms with Crippen LogP contribution in [-0.4, -0.2) is 32.3 Å². The van der Waals surface area contributed by atoms with Gasteiger partial charge in [0.2, 0.25) is 10.0 Å². The zero-order valence-electron chi connectivity index (χ0n) is 9.79. The van der Waals surface area contributed by atoms with E-state index < -0.39 is 10.0 Å². The number of rotatable bonds is 4. The topological polar surface area (TPSA) is 58.2 Å². The Labute approximate surface area is 92.9 Å². The zero-order chi connectivity index (χ0) is 11.5. The van der Waals surface area contributed by atoms with Gasteiger partial charge in [0.15, 0.2) is 0 Å². The lowest BCUT2D eigenvalue weighted by atomic mass is 9.96. The summed E-state index contributed by atoms with van der Waals surface area (Å²) in [6.45, 7) is 6.05. The number of hydrogen-bond donors (Lipinski definition) is 2. The van der Waals surface area contributed by atoms with Crippen molar-refractivity contribution in [3.63, 3.8) is 0 Å². The van der Waals surface area contributed by atoms with Gasteiger partial charge in [0.05, 0.1) is 5.75 Å². The van der Waals surface area contributed by atoms with Gasteiger partial charge >= 0.3 is 0 Å². The first-order valence-electron chi connectivity index (χ1n) is 5.70. The summed E-state index contributed by atoms with van der Waals surface area (Å²) in [4.78, 5) is 0. The molecule has 0 spiro atoms. The van der Waals surface area contributed by atoms with Gasteiger partial charge in [0.1, 0.15) is 0 Å². The summed E-state index contributed by atoms with van der Waals surface area (Å²) in [5.74, 6) is 0.228. The molecule has 0 bridgehead atoms. The molecule has 0 amide bonds. The fourth-order valence-corrected chi connectivity index (χ4v) is 3.49. The molecule has 1 heterocycles. The molecule has 0 aromatic rings. The van der Waals surface area contributed by atoms with E-state index in [9.17, 15) is 8.42 Å². The first-order valence-corrected chi connectivity index (χ1v) is 7.36. The van der Waals surface area contributed by atoms with Crippen molar-refractivity contribution in [2.75, 3.05) is 5.75 Å². The van der Waals surface area contributed by atoms with E-state index in [1.807, 2.05) is 13.8 Å². The Balaban J connectivity index is 2.51. The molecule has 4 nitrogen and oxygen atoms in total. The van der Waals surface area contributed by atoms with Crippen LogP contribution in [0.3, 0.4) is 0 Å². The van der Waals surface area contributed by atoms with Crippen LogP contribution in [0.2, 0.25) is 0 Å². The van der Waals surface area contributed by atoms with Gasteiger partial charge in [-0.1, -0.05) is 6.92 Å². The summed E-state index contributed by atoms with van der Waals surface area (Å²) < 4.78 is 26.0. The second kappa shape index (κ2) is 5.27. The van der Waals surface area contributed by atoms with Crippen molar-refractivity contribution in [3.8, 4) is 0 Å². The highest BCUT2D eigenvalue weighted by molar-refractivity contribution is 7.89. The Bertz CT molecular complexity index is 290. The van der Waals surface area contributed by atoms with Crippen LogP contribution in [0.1, 0.15) is 40.0 Å². The van der Waals surface area contributed by atoms with Crippen LogP contribution >= 0.6 is 0 Å². The summed E-state index contributed by atoms with van der Waals surface area (Å²) in [5, 5.41) is 3.37. The van der Waals surface area contributed by atoms with Gasteiger partial charge in [-0.15, -0.1) is 0 Å². The number of sulfonamides is 1. The van der Waals surface area contributed by atoms with Crippen LogP contribution in [-0.2, 0) is 10.0 Å². The van der Waals surface area contributed by atoms with Crippen molar-refractivity contribution in [2.45, 2.75) is 58.2 Å². The Morgan fingerprint density at radius 1 is 1.33 bits per heavy atom. The lowest BCUT2D eigenvalue weighted by molar-refractivity contribution is 0.297. The minimum absolute atomic E-state index is 0.0535. The molecule has 2 N–H and O–H groups in total. The third-order valence-electron chi connectivity index (χ3n) is 2.87. The average molecular weight is 234 g/mol. The lowest BCUT2D eigenvalue weighted by Crippen LogP contribution is -2.55. The molecule has 3 atom stereocenters. The van der Waals surface area contributed by atoms with Crippen LogP contribution in [0, 0.1) is 0 Å². The van der Waals surface area contributed by atoms with E-state index in [4.69, 9.17) is 0 Å². The highest BCUT2D eigenvalue weighted by Crippen LogP contribution is 2.14. The van der Waals surface area contributed by atoms with Gasteiger partial charge in [-0.2, -0.15) is 0 Å². The molecule has 0 aliphatic carbocycles. The Morgan fingerprint density at radius 2 is 2.00 bits per heavy atom. The number of nitrogens with one attached hydrogen (secondary N) is 2. The lowest BCUT2D eigenvalue weighted by Gasteiger charge is -2.34. The van der Waals surface area contributed by atoms with Crippen molar-refractivity contribution < 1.29 is 8.42 Å². The molecule has 1 fully saturated rings. The van der Waals surface area contributed by atoms with E-state index in [1.54, 1.807) is 0 Å². The molecule has 5 heteroatoms. The largest absolute Gasteiger partial charge is 0.310 e. The molecular weight excluding hydrogens is 212 g/mol. The maximum absolute atomic E-state index is 11.6. The van der Waals surface area contributed by atoms with Crippen molar-refractivity contribution in [3.05, 3.63) is 0 Å². The third kappa shape index (κ3) is 4.09. The highest BCUT2D eigenvalue weighted by atomic mass is 32.2. The SMILES string of the molecule is CCCS(=O)(=O)NC1CCC(C)NC1C. The molecule has 90 valence electrons. The molecule has 15 heavy (non-hydrogen) atoms. The van der Waals surface area contributed by atoms with E-state index in [2.05, 4.69) is 17.0 Å². The summed E-state index contributed by atoms with van der Waals surface area (Å²) in [5.41, 5.74) is 0. The summed E-state index contributed by atoms with van der Waals surface area (Å²) in [6, 6.07) is 0.769. The first kappa shape index (κ1) is 12.9. The van der Waals surface area contributed by atoms with Crippen molar-refractivity contribution in [1.29, 1.82) is 0 Å². The second-order valence-corrected chi connectivity index (χ2v) is 6.35. The number of piperidine rings is 1. The minimum Gasteiger partial charge on any atom is -0.310 e. The van der Waals surface area contributed by atoms with Gasteiger partial charge in [-0.05, 0) is 33.1 Å². The molecule has 1 rings (SSSR count). The molecule has 1 aliphatic rings. The van der Waals surface area contributed by atoms with E-state index in [-0.39, 0.29) is 17.8 Å². The van der Waals surface area contributed by atoms with Gasteiger partial charge in [0, 0.05) is 18.1 Å². The van der Waals surface area contributed by atoms with E-state index in [0.717, 1.165) is 12.8 Å². The minimum atomic E-state index is -3.07. The van der Waals surface area contributed by atoms with E-state index in [0.29, 0.717) is 12.5 Å². The van der Waals surface area contributed by atoms with Gasteiger partial charge in [-0.25, -0.2) is 13.1 Å². The molecule has 0 saturated carbocycles. The predicted molar refractivity (Wildman–Crippen MR) is 62.3 cm³/mol. The Morgan fingerprint density at radius 3 is 2.53 bits per heavy atom. The number of hydrogen-bond acceptors (Lipinski definition) is 3. The zero-order valence-corrected chi connectivity index (χ0v) is 10.6. The summed E-state index contributed by atoms with van der Waals surface area (Å²) in [6.07, 6.45) is 2.63. The van der Waals surface area contributed by atoms with Crippen LogP contribution in [0.5, 0.6) is 0 Å². The standard InChI is InChI=1S/C10H22N2O2S/c1-4-7-15(13,14)12-10-6-5-8(2)11-9(10)3/h8-12H,4-7H2,1-3H3. The smallest absolute Gasteiger partial charge is 0.211 e. The first-order chi connectivity index (χ1) is 6.94. The molecule has 0 radical (unpaired) electrons. The van der Waals surface area contributed by atoms with Crippen molar-refractivity contribution in [1.82, 2.24) is 10.0 Å². The fraction of sp³-hybridized carbons (Fsp3) is 1.00. The van der Waals surface area contributed by atoms with Crippen LogP contribution in [0.25, 0.3) is 0 Å². The average Bonchev–Trinajstić information content (AvgIpc) is 2.09. The van der Waals surface area contributed by atoms with Crippen LogP contribution < -0.4 is 10.0 Å². The van der Waals surface area contributed by atoms with Crippen molar-refractivity contribution in [2.24, 2.45) is 0 Å². The predicted octanol–water partition coefficient (Wildman–Crippen LogP) is 0.845. The van der Waals surface area contributed by atoms with Gasteiger partial charge < -0.3 is 5.32 Å². The Kier molecular flexibility index (Phi) is 4.55. The molecule has 1 saturated heterocycles. The third-order valence-corrected chi connectivity index (χ3v) is 4.47. The van der Waals surface area contributed by atoms with Gasteiger partial charge in [-0.3, -0.25) is 0 Å². The highest BCUT2D eigenvalue weighted by Gasteiger charge is 2.27. The molecule has 3 unspecified atom stereocenters. The van der Waals surface area contributed by atoms with Crippen LogP contribution in [0.4, 0.5) is 0 Å².